The summed E-state index contributed by atoms with van der Waals surface area (Å²) >= 11 is 5.39. The van der Waals surface area contributed by atoms with Gasteiger partial charge in [-0.3, -0.25) is 4.98 Å². The third-order valence-electron chi connectivity index (χ3n) is 3.43. The van der Waals surface area contributed by atoms with Gasteiger partial charge in [0.25, 0.3) is 0 Å². The van der Waals surface area contributed by atoms with Crippen molar-refractivity contribution in [2.75, 3.05) is 6.61 Å². The van der Waals surface area contributed by atoms with Gasteiger partial charge in [-0.05, 0) is 38.0 Å². The normalized spacial score (nSPS) is 22.1. The Bertz CT molecular complexity index is 583. The maximum Gasteiger partial charge on any atom is 0.178 e. The summed E-state index contributed by atoms with van der Waals surface area (Å²) < 4.78 is 8.63. The topological polar surface area (TPSA) is 42.8 Å². The van der Waals surface area contributed by atoms with Crippen LogP contribution in [0.1, 0.15) is 25.8 Å². The highest BCUT2D eigenvalue weighted by atomic mass is 32.1. The number of hydrogen-bond donors (Lipinski definition) is 1. The number of ether oxygens (including phenoxy) is 1. The fourth-order valence-electron chi connectivity index (χ4n) is 2.53. The van der Waals surface area contributed by atoms with Crippen LogP contribution in [0, 0.1) is 4.77 Å². The molecule has 17 heavy (non-hydrogen) atoms. The molecule has 1 saturated heterocycles. The van der Waals surface area contributed by atoms with E-state index in [1.165, 1.54) is 0 Å². The Balaban J connectivity index is 2.09. The van der Waals surface area contributed by atoms with E-state index in [4.69, 9.17) is 17.0 Å². The summed E-state index contributed by atoms with van der Waals surface area (Å²) in [7, 11) is 0. The smallest absolute Gasteiger partial charge is 0.178 e. The number of pyridine rings is 1. The van der Waals surface area contributed by atoms with Crippen LogP contribution in [0.4, 0.5) is 0 Å². The average Bonchev–Trinajstić information content (AvgIpc) is 2.94. The van der Waals surface area contributed by atoms with E-state index in [1.807, 2.05) is 12.3 Å². The number of rotatable bonds is 2. The van der Waals surface area contributed by atoms with Crippen molar-refractivity contribution in [3.05, 3.63) is 23.2 Å². The molecule has 1 aliphatic rings. The standard InChI is InChI=1S/C12H15N3OS/c1-8(11-3-2-6-16-11)15-10-4-5-13-7-9(10)14-12(15)17/h4-5,7-8,11H,2-3,6H2,1H3,(H,14,17). The first-order valence-corrected chi connectivity index (χ1v) is 6.34. The fourth-order valence-corrected chi connectivity index (χ4v) is 2.91. The number of nitrogens with zero attached hydrogens (tertiary/aromatic N) is 2. The van der Waals surface area contributed by atoms with Gasteiger partial charge in [-0.25, -0.2) is 0 Å². The molecule has 0 bridgehead atoms. The Labute approximate surface area is 105 Å². The first-order chi connectivity index (χ1) is 8.27. The van der Waals surface area contributed by atoms with Gasteiger partial charge in [-0.1, -0.05) is 0 Å². The average molecular weight is 249 g/mol. The first-order valence-electron chi connectivity index (χ1n) is 5.93. The molecular weight excluding hydrogens is 234 g/mol. The van der Waals surface area contributed by atoms with Gasteiger partial charge in [-0.15, -0.1) is 0 Å². The molecule has 0 amide bonds. The largest absolute Gasteiger partial charge is 0.376 e. The van der Waals surface area contributed by atoms with Crippen molar-refractivity contribution in [1.29, 1.82) is 0 Å². The Morgan fingerprint density at radius 2 is 2.53 bits per heavy atom. The van der Waals surface area contributed by atoms with E-state index in [-0.39, 0.29) is 12.1 Å². The van der Waals surface area contributed by atoms with Gasteiger partial charge in [0.2, 0.25) is 0 Å². The molecule has 0 aliphatic carbocycles. The van der Waals surface area contributed by atoms with Crippen LogP contribution in [0.15, 0.2) is 18.5 Å². The summed E-state index contributed by atoms with van der Waals surface area (Å²) in [6, 6.07) is 2.26. The van der Waals surface area contributed by atoms with Gasteiger partial charge >= 0.3 is 0 Å². The highest BCUT2D eigenvalue weighted by Crippen LogP contribution is 2.27. The summed E-state index contributed by atoms with van der Waals surface area (Å²) in [5, 5.41) is 0. The monoisotopic (exact) mass is 249 g/mol. The Morgan fingerprint density at radius 3 is 3.29 bits per heavy atom. The van der Waals surface area contributed by atoms with Crippen LogP contribution in [0.2, 0.25) is 0 Å². The van der Waals surface area contributed by atoms with E-state index < -0.39 is 0 Å². The van der Waals surface area contributed by atoms with Gasteiger partial charge in [0.1, 0.15) is 0 Å². The molecule has 0 aromatic carbocycles. The van der Waals surface area contributed by atoms with E-state index in [1.54, 1.807) is 6.20 Å². The molecule has 4 nitrogen and oxygen atoms in total. The molecule has 0 radical (unpaired) electrons. The minimum atomic E-state index is 0.265. The molecular formula is C12H15N3OS. The number of nitrogens with one attached hydrogen (secondary N) is 1. The minimum Gasteiger partial charge on any atom is -0.376 e. The van der Waals surface area contributed by atoms with Gasteiger partial charge in [0.05, 0.1) is 29.4 Å². The summed E-state index contributed by atoms with van der Waals surface area (Å²) in [6.45, 7) is 3.03. The molecule has 3 heterocycles. The van der Waals surface area contributed by atoms with Gasteiger partial charge in [-0.2, -0.15) is 0 Å². The summed E-state index contributed by atoms with van der Waals surface area (Å²) in [5.41, 5.74) is 2.09. The van der Waals surface area contributed by atoms with Crippen LogP contribution >= 0.6 is 12.2 Å². The summed E-state index contributed by atoms with van der Waals surface area (Å²) in [4.78, 5) is 7.29. The van der Waals surface area contributed by atoms with Crippen LogP contribution in [-0.2, 0) is 4.74 Å². The molecule has 1 N–H and O–H groups in total. The molecule has 2 aromatic rings. The third kappa shape index (κ3) is 1.79. The van der Waals surface area contributed by atoms with E-state index in [0.717, 1.165) is 35.3 Å². The van der Waals surface area contributed by atoms with Crippen LogP contribution in [0.25, 0.3) is 11.0 Å². The van der Waals surface area contributed by atoms with Crippen molar-refractivity contribution in [2.24, 2.45) is 0 Å². The molecule has 1 aliphatic heterocycles. The second-order valence-corrected chi connectivity index (χ2v) is 4.87. The second-order valence-electron chi connectivity index (χ2n) is 4.49. The Kier molecular flexibility index (Phi) is 2.72. The molecule has 1 fully saturated rings. The number of hydrogen-bond acceptors (Lipinski definition) is 3. The zero-order valence-corrected chi connectivity index (χ0v) is 10.5. The van der Waals surface area contributed by atoms with Gasteiger partial charge in [0.15, 0.2) is 4.77 Å². The molecule has 0 spiro atoms. The fraction of sp³-hybridized carbons (Fsp3) is 0.500. The second kappa shape index (κ2) is 4.23. The summed E-state index contributed by atoms with van der Waals surface area (Å²) in [5.74, 6) is 0. The van der Waals surface area contributed by atoms with E-state index in [0.29, 0.717) is 0 Å². The van der Waals surface area contributed by atoms with Gasteiger partial charge < -0.3 is 14.3 Å². The molecule has 5 heteroatoms. The van der Waals surface area contributed by atoms with Crippen LogP contribution in [0.3, 0.4) is 0 Å². The number of imidazole rings is 1. The molecule has 90 valence electrons. The van der Waals surface area contributed by atoms with Crippen molar-refractivity contribution >= 4 is 23.3 Å². The summed E-state index contributed by atoms with van der Waals surface area (Å²) in [6.07, 6.45) is 6.13. The van der Waals surface area contributed by atoms with E-state index in [2.05, 4.69) is 21.5 Å². The lowest BCUT2D eigenvalue weighted by atomic mass is 10.1. The zero-order valence-electron chi connectivity index (χ0n) is 9.72. The van der Waals surface area contributed by atoms with Crippen molar-refractivity contribution in [3.8, 4) is 0 Å². The number of H-pyrrole nitrogens is 1. The Hall–Kier alpha value is -1.20. The van der Waals surface area contributed by atoms with Crippen LogP contribution in [-0.4, -0.2) is 27.2 Å². The maximum atomic E-state index is 5.75. The van der Waals surface area contributed by atoms with Crippen LogP contribution < -0.4 is 0 Å². The van der Waals surface area contributed by atoms with Crippen molar-refractivity contribution in [1.82, 2.24) is 14.5 Å². The van der Waals surface area contributed by atoms with Crippen molar-refractivity contribution in [3.63, 3.8) is 0 Å². The number of aromatic nitrogens is 3. The predicted octanol–water partition coefficient (Wildman–Crippen LogP) is 2.83. The third-order valence-corrected chi connectivity index (χ3v) is 3.73. The highest BCUT2D eigenvalue weighted by molar-refractivity contribution is 7.71. The minimum absolute atomic E-state index is 0.265. The lowest BCUT2D eigenvalue weighted by molar-refractivity contribution is 0.0741. The van der Waals surface area contributed by atoms with E-state index in [9.17, 15) is 0 Å². The first kappa shape index (κ1) is 10.9. The Morgan fingerprint density at radius 1 is 1.65 bits per heavy atom. The van der Waals surface area contributed by atoms with Crippen LogP contribution in [0.5, 0.6) is 0 Å². The van der Waals surface area contributed by atoms with Crippen molar-refractivity contribution < 1.29 is 4.74 Å². The number of aromatic amines is 1. The van der Waals surface area contributed by atoms with Crippen molar-refractivity contribution in [2.45, 2.75) is 31.9 Å². The lowest BCUT2D eigenvalue weighted by Crippen LogP contribution is -2.20. The zero-order chi connectivity index (χ0) is 11.8. The van der Waals surface area contributed by atoms with E-state index >= 15 is 0 Å². The predicted molar refractivity (Wildman–Crippen MR) is 68.6 cm³/mol. The maximum absolute atomic E-state index is 5.75. The molecule has 2 unspecified atom stereocenters. The van der Waals surface area contributed by atoms with Gasteiger partial charge in [0, 0.05) is 12.8 Å². The molecule has 0 saturated carbocycles. The molecule has 2 atom stereocenters. The quantitative estimate of drug-likeness (QED) is 0.832. The molecule has 3 rings (SSSR count). The SMILES string of the molecule is CC(C1CCCO1)n1c(=S)[nH]c2cnccc21. The lowest BCUT2D eigenvalue weighted by Gasteiger charge is -2.20. The highest BCUT2D eigenvalue weighted by Gasteiger charge is 2.25. The number of fused-ring (bicyclic) bond motifs is 1. The molecule has 2 aromatic heterocycles.